The summed E-state index contributed by atoms with van der Waals surface area (Å²) >= 11 is 5.95. The molecule has 1 heterocycles. The van der Waals surface area contributed by atoms with E-state index in [1.165, 1.54) is 0 Å². The lowest BCUT2D eigenvalue weighted by atomic mass is 10.1. The molecule has 4 heteroatoms. The second-order valence-corrected chi connectivity index (χ2v) is 3.72. The minimum atomic E-state index is 0.613. The van der Waals surface area contributed by atoms with Gasteiger partial charge in [-0.15, -0.1) is 0 Å². The molecule has 0 fully saturated rings. The van der Waals surface area contributed by atoms with Gasteiger partial charge in [-0.25, -0.2) is 4.98 Å². The molecule has 0 aliphatic rings. The van der Waals surface area contributed by atoms with Gasteiger partial charge in [0.2, 0.25) is 0 Å². The van der Waals surface area contributed by atoms with Gasteiger partial charge in [-0.05, 0) is 36.7 Å². The molecule has 78 valence electrons. The molecule has 15 heavy (non-hydrogen) atoms. The fraction of sp³-hybridized carbons (Fsp3) is 0.182. The monoisotopic (exact) mass is 221 g/mol. The maximum atomic E-state index is 5.95. The summed E-state index contributed by atoms with van der Waals surface area (Å²) in [5, 5.41) is 0.738. The second kappa shape index (κ2) is 4.47. The molecular formula is C11H12ClN3. The molecule has 2 aromatic rings. The summed E-state index contributed by atoms with van der Waals surface area (Å²) in [5.74, 6) is 0. The highest BCUT2D eigenvalue weighted by molar-refractivity contribution is 6.30. The van der Waals surface area contributed by atoms with Crippen molar-refractivity contribution in [2.75, 3.05) is 6.54 Å². The van der Waals surface area contributed by atoms with Gasteiger partial charge in [0.05, 0.1) is 6.33 Å². The zero-order valence-electron chi connectivity index (χ0n) is 8.23. The van der Waals surface area contributed by atoms with Crippen LogP contribution in [0.2, 0.25) is 5.02 Å². The van der Waals surface area contributed by atoms with E-state index in [1.54, 1.807) is 12.5 Å². The number of benzene rings is 1. The Morgan fingerprint density at radius 2 is 2.27 bits per heavy atom. The summed E-state index contributed by atoms with van der Waals surface area (Å²) in [4.78, 5) is 4.02. The first-order valence-corrected chi connectivity index (χ1v) is 5.16. The van der Waals surface area contributed by atoms with Crippen LogP contribution in [0.15, 0.2) is 36.9 Å². The van der Waals surface area contributed by atoms with Gasteiger partial charge in [-0.2, -0.15) is 0 Å². The maximum Gasteiger partial charge on any atom is 0.0991 e. The first-order chi connectivity index (χ1) is 7.31. The molecule has 0 saturated carbocycles. The van der Waals surface area contributed by atoms with Gasteiger partial charge in [-0.1, -0.05) is 11.6 Å². The number of imidazole rings is 1. The molecule has 0 aliphatic carbocycles. The highest BCUT2D eigenvalue weighted by Crippen LogP contribution is 2.19. The third-order valence-corrected chi connectivity index (χ3v) is 2.47. The summed E-state index contributed by atoms with van der Waals surface area (Å²) in [6.07, 6.45) is 6.24. The van der Waals surface area contributed by atoms with Crippen LogP contribution >= 0.6 is 11.6 Å². The third-order valence-electron chi connectivity index (χ3n) is 2.24. The lowest BCUT2D eigenvalue weighted by Crippen LogP contribution is -2.06. The van der Waals surface area contributed by atoms with Crippen LogP contribution in [0.3, 0.4) is 0 Å². The van der Waals surface area contributed by atoms with Crippen LogP contribution in [0.25, 0.3) is 5.69 Å². The number of hydrogen-bond donors (Lipinski definition) is 1. The van der Waals surface area contributed by atoms with E-state index in [-0.39, 0.29) is 0 Å². The van der Waals surface area contributed by atoms with Crippen molar-refractivity contribution in [3.05, 3.63) is 47.5 Å². The Morgan fingerprint density at radius 3 is 2.93 bits per heavy atom. The van der Waals surface area contributed by atoms with E-state index in [0.29, 0.717) is 6.54 Å². The van der Waals surface area contributed by atoms with Crippen LogP contribution in [0.4, 0.5) is 0 Å². The van der Waals surface area contributed by atoms with Crippen LogP contribution in [0.1, 0.15) is 5.56 Å². The predicted octanol–water partition coefficient (Wildman–Crippen LogP) is 2.03. The topological polar surface area (TPSA) is 43.8 Å². The van der Waals surface area contributed by atoms with Gasteiger partial charge in [0.25, 0.3) is 0 Å². The van der Waals surface area contributed by atoms with E-state index in [2.05, 4.69) is 4.98 Å². The minimum absolute atomic E-state index is 0.613. The Bertz CT molecular complexity index is 437. The standard InChI is InChI=1S/C11H12ClN3/c12-10-1-2-11(9(7-10)3-4-13)15-6-5-14-8-15/h1-2,5-8H,3-4,13H2. The van der Waals surface area contributed by atoms with E-state index in [0.717, 1.165) is 22.7 Å². The average molecular weight is 222 g/mol. The average Bonchev–Trinajstić information content (AvgIpc) is 2.71. The first-order valence-electron chi connectivity index (χ1n) is 4.78. The Morgan fingerprint density at radius 1 is 1.40 bits per heavy atom. The van der Waals surface area contributed by atoms with Gasteiger partial charge in [0.15, 0.2) is 0 Å². The number of nitrogens with zero attached hydrogens (tertiary/aromatic N) is 2. The van der Waals surface area contributed by atoms with E-state index in [4.69, 9.17) is 17.3 Å². The first kappa shape index (κ1) is 10.2. The van der Waals surface area contributed by atoms with Crippen molar-refractivity contribution in [1.82, 2.24) is 9.55 Å². The van der Waals surface area contributed by atoms with Crippen LogP contribution < -0.4 is 5.73 Å². The van der Waals surface area contributed by atoms with Crippen LogP contribution in [-0.2, 0) is 6.42 Å². The number of aromatic nitrogens is 2. The molecule has 1 aromatic carbocycles. The molecule has 0 aliphatic heterocycles. The molecule has 0 spiro atoms. The second-order valence-electron chi connectivity index (χ2n) is 3.28. The highest BCUT2D eigenvalue weighted by atomic mass is 35.5. The quantitative estimate of drug-likeness (QED) is 0.862. The smallest absolute Gasteiger partial charge is 0.0991 e. The summed E-state index contributed by atoms with van der Waals surface area (Å²) in [5.41, 5.74) is 7.79. The van der Waals surface area contributed by atoms with Gasteiger partial charge in [0.1, 0.15) is 0 Å². The van der Waals surface area contributed by atoms with E-state index in [1.807, 2.05) is 29.0 Å². The van der Waals surface area contributed by atoms with Crippen LogP contribution in [0, 0.1) is 0 Å². The fourth-order valence-corrected chi connectivity index (χ4v) is 1.76. The molecule has 0 atom stereocenters. The molecule has 0 radical (unpaired) electrons. The van der Waals surface area contributed by atoms with Crippen LogP contribution in [0.5, 0.6) is 0 Å². The van der Waals surface area contributed by atoms with Crippen molar-refractivity contribution in [2.24, 2.45) is 5.73 Å². The zero-order chi connectivity index (χ0) is 10.7. The largest absolute Gasteiger partial charge is 0.330 e. The Labute approximate surface area is 93.5 Å². The Balaban J connectivity index is 2.46. The number of nitrogens with two attached hydrogens (primary N) is 1. The predicted molar refractivity (Wildman–Crippen MR) is 61.3 cm³/mol. The lowest BCUT2D eigenvalue weighted by Gasteiger charge is -2.09. The number of halogens is 1. The Kier molecular flexibility index (Phi) is 3.04. The highest BCUT2D eigenvalue weighted by Gasteiger charge is 2.04. The van der Waals surface area contributed by atoms with Gasteiger partial charge in [0, 0.05) is 23.1 Å². The molecule has 0 amide bonds. The van der Waals surface area contributed by atoms with Gasteiger partial charge in [-0.3, -0.25) is 0 Å². The normalized spacial score (nSPS) is 10.5. The van der Waals surface area contributed by atoms with Crippen molar-refractivity contribution >= 4 is 11.6 Å². The van der Waals surface area contributed by atoms with Crippen molar-refractivity contribution in [3.8, 4) is 5.69 Å². The molecule has 0 saturated heterocycles. The maximum absolute atomic E-state index is 5.95. The number of rotatable bonds is 3. The van der Waals surface area contributed by atoms with Crippen LogP contribution in [-0.4, -0.2) is 16.1 Å². The molecule has 2 N–H and O–H groups in total. The summed E-state index contributed by atoms with van der Waals surface area (Å²) in [7, 11) is 0. The van der Waals surface area contributed by atoms with E-state index in [9.17, 15) is 0 Å². The molecule has 1 aromatic heterocycles. The van der Waals surface area contributed by atoms with Crippen molar-refractivity contribution in [3.63, 3.8) is 0 Å². The van der Waals surface area contributed by atoms with E-state index >= 15 is 0 Å². The fourth-order valence-electron chi connectivity index (χ4n) is 1.56. The molecule has 0 unspecified atom stereocenters. The van der Waals surface area contributed by atoms with E-state index < -0.39 is 0 Å². The summed E-state index contributed by atoms with van der Waals surface area (Å²) < 4.78 is 1.96. The molecule has 3 nitrogen and oxygen atoms in total. The summed E-state index contributed by atoms with van der Waals surface area (Å²) in [6.45, 7) is 0.613. The zero-order valence-corrected chi connectivity index (χ0v) is 8.98. The number of hydrogen-bond acceptors (Lipinski definition) is 2. The van der Waals surface area contributed by atoms with Crippen molar-refractivity contribution < 1.29 is 0 Å². The van der Waals surface area contributed by atoms with Gasteiger partial charge >= 0.3 is 0 Å². The third kappa shape index (κ3) is 2.19. The summed E-state index contributed by atoms with van der Waals surface area (Å²) in [6, 6.07) is 5.80. The van der Waals surface area contributed by atoms with Crippen molar-refractivity contribution in [1.29, 1.82) is 0 Å². The molecule has 2 rings (SSSR count). The SMILES string of the molecule is NCCc1cc(Cl)ccc1-n1ccnc1. The molecular weight excluding hydrogens is 210 g/mol. The van der Waals surface area contributed by atoms with Crippen molar-refractivity contribution in [2.45, 2.75) is 6.42 Å². The van der Waals surface area contributed by atoms with Gasteiger partial charge < -0.3 is 10.3 Å². The minimum Gasteiger partial charge on any atom is -0.330 e. The molecule has 0 bridgehead atoms. The Hall–Kier alpha value is -1.32. The lowest BCUT2D eigenvalue weighted by molar-refractivity contribution is 0.934.